The molecule has 2 heteroatoms. The van der Waals surface area contributed by atoms with Crippen molar-refractivity contribution in [3.63, 3.8) is 0 Å². The zero-order valence-electron chi connectivity index (χ0n) is 43.0. The first kappa shape index (κ1) is 46.2. The van der Waals surface area contributed by atoms with Crippen LogP contribution in [0.5, 0.6) is 0 Å². The van der Waals surface area contributed by atoms with Gasteiger partial charge in [-0.3, -0.25) is 0 Å². The molecule has 0 bridgehead atoms. The highest BCUT2D eigenvalue weighted by Crippen LogP contribution is 2.36. The van der Waals surface area contributed by atoms with Crippen molar-refractivity contribution in [3.8, 4) is 23.7 Å². The minimum atomic E-state index is 0.139. The summed E-state index contributed by atoms with van der Waals surface area (Å²) in [6, 6.07) is 54.5. The number of hydrogen-bond donors (Lipinski definition) is 0. The van der Waals surface area contributed by atoms with Gasteiger partial charge in [-0.05, 0) is 164 Å². The zero-order valence-corrected chi connectivity index (χ0v) is 43.0. The Morgan fingerprint density at radius 1 is 0.243 bits per heavy atom. The first-order valence-electron chi connectivity index (χ1n) is 24.9. The highest BCUT2D eigenvalue weighted by atomic mass is 14.2. The predicted octanol–water partition coefficient (Wildman–Crippen LogP) is 12.1. The van der Waals surface area contributed by atoms with E-state index in [1.807, 2.05) is 0 Å². The first-order chi connectivity index (χ1) is 33.6. The van der Waals surface area contributed by atoms with E-state index in [4.69, 9.17) is 0 Å². The van der Waals surface area contributed by atoms with E-state index < -0.39 is 0 Å². The van der Waals surface area contributed by atoms with Gasteiger partial charge in [0.15, 0.2) is 0 Å². The molecule has 10 aromatic rings. The van der Waals surface area contributed by atoms with Gasteiger partial charge in [0.25, 0.3) is 0 Å². The molecule has 70 heavy (non-hydrogen) atoms. The van der Waals surface area contributed by atoms with E-state index in [0.29, 0.717) is 0 Å². The van der Waals surface area contributed by atoms with Crippen LogP contribution in [-0.4, -0.2) is 13.4 Å². The second kappa shape index (κ2) is 18.4. The molecular formula is C68H60B2. The van der Waals surface area contributed by atoms with Gasteiger partial charge in [-0.15, -0.1) is 0 Å². The third-order valence-corrected chi connectivity index (χ3v) is 14.8. The lowest BCUT2D eigenvalue weighted by Crippen LogP contribution is -2.55. The Bertz CT molecular complexity index is 3310. The van der Waals surface area contributed by atoms with E-state index in [1.165, 1.54) is 132 Å². The summed E-state index contributed by atoms with van der Waals surface area (Å²) in [5.41, 5.74) is 28.1. The second-order valence-electron chi connectivity index (χ2n) is 20.6. The minimum absolute atomic E-state index is 0.139. The van der Waals surface area contributed by atoms with Crippen LogP contribution >= 0.6 is 0 Å². The van der Waals surface area contributed by atoms with Crippen molar-refractivity contribution >= 4 is 78.5 Å². The summed E-state index contributed by atoms with van der Waals surface area (Å²) in [5, 5.41) is 7.37. The summed E-state index contributed by atoms with van der Waals surface area (Å²) in [6.45, 7) is 27.2. The van der Waals surface area contributed by atoms with E-state index in [-0.39, 0.29) is 13.4 Å². The summed E-state index contributed by atoms with van der Waals surface area (Å²) in [5.74, 6) is 14.1. The van der Waals surface area contributed by atoms with Crippen LogP contribution in [0.3, 0.4) is 0 Å². The quantitative estimate of drug-likeness (QED) is 0.0886. The van der Waals surface area contributed by atoms with Gasteiger partial charge in [-0.2, -0.15) is 0 Å². The number of hydrogen-bond acceptors (Lipinski definition) is 0. The Kier molecular flexibility index (Phi) is 12.2. The SMILES string of the molecule is Cc1cc(C)c(B(c2ccc(C#Cc3cc4ccc5cc(C#Cc6ccc(B(c7c(C)cc(C)cc7C)c7c(C)cc(C)cc7C)cc6)cc6ccc(c3)c4c56)cc2)c2c(C)cc(C)cc2C)c(C)c1. The molecule has 338 valence electrons. The zero-order chi connectivity index (χ0) is 49.1. The highest BCUT2D eigenvalue weighted by Gasteiger charge is 2.30. The molecular weight excluding hydrogens is 838 g/mol. The first-order valence-corrected chi connectivity index (χ1v) is 24.9. The lowest BCUT2D eigenvalue weighted by Gasteiger charge is -2.24. The van der Waals surface area contributed by atoms with Gasteiger partial charge in [-0.1, -0.05) is 220 Å². The van der Waals surface area contributed by atoms with Crippen LogP contribution in [0.15, 0.2) is 146 Å². The van der Waals surface area contributed by atoms with Gasteiger partial charge in [0, 0.05) is 22.3 Å². The van der Waals surface area contributed by atoms with Crippen molar-refractivity contribution in [2.24, 2.45) is 0 Å². The van der Waals surface area contributed by atoms with E-state index in [9.17, 15) is 0 Å². The third kappa shape index (κ3) is 8.74. The Morgan fingerprint density at radius 2 is 0.457 bits per heavy atom. The van der Waals surface area contributed by atoms with Crippen molar-refractivity contribution in [2.75, 3.05) is 0 Å². The van der Waals surface area contributed by atoms with Crippen LogP contribution in [0.2, 0.25) is 0 Å². The summed E-state index contributed by atoms with van der Waals surface area (Å²) < 4.78 is 0. The smallest absolute Gasteiger partial charge is 0.0685 e. The van der Waals surface area contributed by atoms with Crippen molar-refractivity contribution in [1.82, 2.24) is 0 Å². The van der Waals surface area contributed by atoms with Crippen molar-refractivity contribution in [2.45, 2.75) is 83.1 Å². The average Bonchev–Trinajstić information content (AvgIpc) is 3.30. The molecule has 0 saturated carbocycles. The maximum absolute atomic E-state index is 3.54. The molecule has 0 saturated heterocycles. The van der Waals surface area contributed by atoms with Crippen LogP contribution in [0, 0.1) is 107 Å². The van der Waals surface area contributed by atoms with Crippen molar-refractivity contribution in [1.29, 1.82) is 0 Å². The fraction of sp³-hybridized carbons (Fsp3) is 0.176. The molecule has 0 atom stereocenters. The molecule has 0 spiro atoms. The molecule has 10 aromatic carbocycles. The van der Waals surface area contributed by atoms with Crippen LogP contribution in [0.4, 0.5) is 0 Å². The molecule has 0 unspecified atom stereocenters. The standard InChI is InChI=1S/C68H60B2/c1-41-29-45(5)65(46(6)30-41)69(66-47(7)31-42(2)32-48(66)8)61-25-17-53(18-26-61)13-15-55-37-57-21-23-59-39-56(40-60-24-22-58(38-55)63(57)64(59)60)16-14-54-19-27-62(28-20-54)70(67-49(9)33-43(3)34-50(67)10)68-51(11)35-44(4)36-52(68)12/h17-40H,1-12H3. The fourth-order valence-electron chi connectivity index (χ4n) is 12.3. The van der Waals surface area contributed by atoms with E-state index in [0.717, 1.165) is 22.3 Å². The van der Waals surface area contributed by atoms with Crippen LogP contribution in [0.25, 0.3) is 32.3 Å². The number of rotatable bonds is 6. The average molecular weight is 899 g/mol. The summed E-state index contributed by atoms with van der Waals surface area (Å²) in [4.78, 5) is 0. The van der Waals surface area contributed by atoms with Gasteiger partial charge in [0.05, 0.1) is 0 Å². The molecule has 0 aliphatic carbocycles. The maximum Gasteiger partial charge on any atom is 0.242 e. The molecule has 0 nitrogen and oxygen atoms in total. The van der Waals surface area contributed by atoms with E-state index in [1.54, 1.807) is 0 Å². The molecule has 0 aliphatic rings. The van der Waals surface area contributed by atoms with Gasteiger partial charge in [0.2, 0.25) is 13.4 Å². The molecule has 0 N–H and O–H groups in total. The lowest BCUT2D eigenvalue weighted by atomic mass is 9.34. The van der Waals surface area contributed by atoms with Crippen LogP contribution in [-0.2, 0) is 0 Å². The molecule has 0 amide bonds. The molecule has 0 radical (unpaired) electrons. The molecule has 0 heterocycles. The fourth-order valence-corrected chi connectivity index (χ4v) is 12.3. The van der Waals surface area contributed by atoms with Crippen LogP contribution in [0.1, 0.15) is 89.0 Å². The number of aryl methyl sites for hydroxylation is 12. The van der Waals surface area contributed by atoms with Gasteiger partial charge in [0.1, 0.15) is 0 Å². The number of benzene rings is 10. The van der Waals surface area contributed by atoms with Gasteiger partial charge in [-0.25, -0.2) is 0 Å². The normalized spacial score (nSPS) is 11.2. The summed E-state index contributed by atoms with van der Waals surface area (Å²) in [7, 11) is 0. The summed E-state index contributed by atoms with van der Waals surface area (Å²) >= 11 is 0. The molecule has 10 rings (SSSR count). The van der Waals surface area contributed by atoms with Crippen molar-refractivity contribution < 1.29 is 0 Å². The van der Waals surface area contributed by atoms with Gasteiger partial charge >= 0.3 is 0 Å². The van der Waals surface area contributed by atoms with Crippen LogP contribution < -0.4 is 32.8 Å². The molecule has 0 aliphatic heterocycles. The predicted molar refractivity (Wildman–Crippen MR) is 307 cm³/mol. The maximum atomic E-state index is 3.54. The minimum Gasteiger partial charge on any atom is -0.0685 e. The largest absolute Gasteiger partial charge is 0.242 e. The second-order valence-corrected chi connectivity index (χ2v) is 20.6. The molecule has 0 fully saturated rings. The lowest BCUT2D eigenvalue weighted by molar-refractivity contribution is 1.34. The molecule has 0 aromatic heterocycles. The van der Waals surface area contributed by atoms with E-state index in [2.05, 4.69) is 252 Å². The topological polar surface area (TPSA) is 0 Å². The Balaban J connectivity index is 0.931. The highest BCUT2D eigenvalue weighted by molar-refractivity contribution is 6.97. The Morgan fingerprint density at radius 3 is 0.686 bits per heavy atom. The Hall–Kier alpha value is -7.51. The monoisotopic (exact) mass is 898 g/mol. The Labute approximate surface area is 417 Å². The van der Waals surface area contributed by atoms with Gasteiger partial charge < -0.3 is 0 Å². The third-order valence-electron chi connectivity index (χ3n) is 14.8. The summed E-state index contributed by atoms with van der Waals surface area (Å²) in [6.07, 6.45) is 0. The van der Waals surface area contributed by atoms with Crippen molar-refractivity contribution in [3.05, 3.63) is 235 Å². The van der Waals surface area contributed by atoms with E-state index >= 15 is 0 Å².